The molecule has 2 aromatic rings. The van der Waals surface area contributed by atoms with Gasteiger partial charge in [0, 0.05) is 11.7 Å². The van der Waals surface area contributed by atoms with Crippen LogP contribution in [-0.2, 0) is 4.79 Å². The first-order chi connectivity index (χ1) is 12.7. The summed E-state index contributed by atoms with van der Waals surface area (Å²) in [5.74, 6) is -0.263. The molecular weight excluding hydrogens is 326 g/mol. The Hall–Kier alpha value is -2.82. The molecule has 1 atom stereocenters. The molecule has 0 aromatic heterocycles. The van der Waals surface area contributed by atoms with Crippen molar-refractivity contribution in [3.8, 4) is 0 Å². The molecule has 5 nitrogen and oxygen atoms in total. The van der Waals surface area contributed by atoms with E-state index < -0.39 is 6.04 Å². The third-order valence-corrected chi connectivity index (χ3v) is 4.65. The molecule has 136 valence electrons. The Bertz CT molecular complexity index is 713. The summed E-state index contributed by atoms with van der Waals surface area (Å²) in [4.78, 5) is 25.2. The van der Waals surface area contributed by atoms with Crippen LogP contribution in [-0.4, -0.2) is 18.0 Å². The number of para-hydroxylation sites is 1. The minimum absolute atomic E-state index is 0.192. The Balaban J connectivity index is 1.69. The van der Waals surface area contributed by atoms with Gasteiger partial charge >= 0.3 is 6.03 Å². The average molecular weight is 351 g/mol. The Morgan fingerprint density at radius 2 is 1.46 bits per heavy atom. The highest BCUT2D eigenvalue weighted by atomic mass is 16.2. The number of hydrogen-bond donors (Lipinski definition) is 3. The summed E-state index contributed by atoms with van der Waals surface area (Å²) in [6.07, 6.45) is 5.51. The highest BCUT2D eigenvalue weighted by Crippen LogP contribution is 2.19. The molecule has 0 spiro atoms. The summed E-state index contributed by atoms with van der Waals surface area (Å²) in [5, 5.41) is 8.71. The molecular formula is C21H25N3O2. The first-order valence-electron chi connectivity index (χ1n) is 9.20. The Morgan fingerprint density at radius 1 is 0.846 bits per heavy atom. The van der Waals surface area contributed by atoms with Gasteiger partial charge in [0.15, 0.2) is 0 Å². The van der Waals surface area contributed by atoms with Crippen LogP contribution in [0.25, 0.3) is 0 Å². The van der Waals surface area contributed by atoms with Gasteiger partial charge in [0.1, 0.15) is 6.04 Å². The molecule has 3 N–H and O–H groups in total. The van der Waals surface area contributed by atoms with Crippen LogP contribution in [0.4, 0.5) is 10.5 Å². The van der Waals surface area contributed by atoms with E-state index in [9.17, 15) is 9.59 Å². The van der Waals surface area contributed by atoms with Gasteiger partial charge in [0.05, 0.1) is 0 Å². The molecule has 3 amide bonds. The first-order valence-corrected chi connectivity index (χ1v) is 9.20. The molecule has 1 unspecified atom stereocenters. The fraction of sp³-hybridized carbons (Fsp3) is 0.333. The van der Waals surface area contributed by atoms with E-state index in [2.05, 4.69) is 16.0 Å². The van der Waals surface area contributed by atoms with E-state index in [1.165, 1.54) is 6.42 Å². The van der Waals surface area contributed by atoms with E-state index in [4.69, 9.17) is 0 Å². The minimum atomic E-state index is -0.750. The summed E-state index contributed by atoms with van der Waals surface area (Å²) in [6.45, 7) is 0. The van der Waals surface area contributed by atoms with Gasteiger partial charge in [-0.15, -0.1) is 0 Å². The van der Waals surface area contributed by atoms with Crippen LogP contribution in [0.15, 0.2) is 60.7 Å². The van der Waals surface area contributed by atoms with Crippen LogP contribution in [0, 0.1) is 0 Å². The molecule has 1 saturated carbocycles. The van der Waals surface area contributed by atoms with Gasteiger partial charge in [-0.1, -0.05) is 67.8 Å². The van der Waals surface area contributed by atoms with Crippen LogP contribution in [0.5, 0.6) is 0 Å². The van der Waals surface area contributed by atoms with Gasteiger partial charge in [-0.3, -0.25) is 4.79 Å². The number of amides is 3. The fourth-order valence-corrected chi connectivity index (χ4v) is 3.29. The molecule has 1 fully saturated rings. The standard InChI is InChI=1S/C21H25N3O2/c25-20(22-17-12-6-2-7-13-17)19(16-10-4-1-5-11-16)24-21(26)23-18-14-8-3-9-15-18/h1-2,4-7,10-13,18-19H,3,8-9,14-15H2,(H,22,25)(H2,23,24,26). The molecule has 5 heteroatoms. The van der Waals surface area contributed by atoms with Crippen molar-refractivity contribution < 1.29 is 9.59 Å². The average Bonchev–Trinajstić information content (AvgIpc) is 2.68. The van der Waals surface area contributed by atoms with Crippen LogP contribution in [0.2, 0.25) is 0 Å². The van der Waals surface area contributed by atoms with Gasteiger partial charge in [0.2, 0.25) is 0 Å². The zero-order chi connectivity index (χ0) is 18.2. The lowest BCUT2D eigenvalue weighted by molar-refractivity contribution is -0.118. The second kappa shape index (κ2) is 9.04. The molecule has 0 heterocycles. The monoisotopic (exact) mass is 351 g/mol. The number of carbonyl (C=O) groups excluding carboxylic acids is 2. The van der Waals surface area contributed by atoms with E-state index in [1.54, 1.807) is 0 Å². The smallest absolute Gasteiger partial charge is 0.315 e. The number of anilines is 1. The first kappa shape index (κ1) is 18.0. The largest absolute Gasteiger partial charge is 0.335 e. The SMILES string of the molecule is O=C(NC1CCCCC1)NC(C(=O)Nc1ccccc1)c1ccccc1. The number of carbonyl (C=O) groups is 2. The molecule has 1 aliphatic carbocycles. The summed E-state index contributed by atoms with van der Waals surface area (Å²) < 4.78 is 0. The highest BCUT2D eigenvalue weighted by molar-refractivity contribution is 5.97. The van der Waals surface area contributed by atoms with E-state index in [1.807, 2.05) is 60.7 Å². The van der Waals surface area contributed by atoms with Crippen molar-refractivity contribution in [2.75, 3.05) is 5.32 Å². The lowest BCUT2D eigenvalue weighted by atomic mass is 9.96. The van der Waals surface area contributed by atoms with E-state index in [-0.39, 0.29) is 18.0 Å². The second-order valence-corrected chi connectivity index (χ2v) is 6.65. The van der Waals surface area contributed by atoms with Gasteiger partial charge in [0.25, 0.3) is 5.91 Å². The van der Waals surface area contributed by atoms with Crippen LogP contribution >= 0.6 is 0 Å². The molecule has 0 aliphatic heterocycles. The van der Waals surface area contributed by atoms with E-state index in [0.717, 1.165) is 31.2 Å². The molecule has 0 saturated heterocycles. The number of benzene rings is 2. The normalized spacial score (nSPS) is 15.7. The molecule has 1 aliphatic rings. The van der Waals surface area contributed by atoms with Crippen molar-refractivity contribution in [2.45, 2.75) is 44.2 Å². The van der Waals surface area contributed by atoms with Crippen molar-refractivity contribution in [1.82, 2.24) is 10.6 Å². The third-order valence-electron chi connectivity index (χ3n) is 4.65. The summed E-state index contributed by atoms with van der Waals surface area (Å²) in [6, 6.07) is 17.7. The van der Waals surface area contributed by atoms with E-state index in [0.29, 0.717) is 5.69 Å². The number of nitrogens with one attached hydrogen (secondary N) is 3. The summed E-state index contributed by atoms with van der Waals surface area (Å²) in [7, 11) is 0. The van der Waals surface area contributed by atoms with Crippen LogP contribution in [0.1, 0.15) is 43.7 Å². The Kier molecular flexibility index (Phi) is 6.25. The van der Waals surface area contributed by atoms with Crippen LogP contribution in [0.3, 0.4) is 0 Å². The highest BCUT2D eigenvalue weighted by Gasteiger charge is 2.24. The number of rotatable bonds is 5. The third kappa shape index (κ3) is 5.09. The second-order valence-electron chi connectivity index (χ2n) is 6.65. The maximum absolute atomic E-state index is 12.8. The summed E-state index contributed by atoms with van der Waals surface area (Å²) >= 11 is 0. The molecule has 0 radical (unpaired) electrons. The van der Waals surface area contributed by atoms with Gasteiger partial charge < -0.3 is 16.0 Å². The molecule has 26 heavy (non-hydrogen) atoms. The minimum Gasteiger partial charge on any atom is -0.335 e. The molecule has 2 aromatic carbocycles. The van der Waals surface area contributed by atoms with Crippen molar-refractivity contribution in [3.63, 3.8) is 0 Å². The maximum Gasteiger partial charge on any atom is 0.315 e. The van der Waals surface area contributed by atoms with Crippen LogP contribution < -0.4 is 16.0 Å². The quantitative estimate of drug-likeness (QED) is 0.762. The summed E-state index contributed by atoms with van der Waals surface area (Å²) in [5.41, 5.74) is 1.45. The Morgan fingerprint density at radius 3 is 2.12 bits per heavy atom. The topological polar surface area (TPSA) is 70.2 Å². The van der Waals surface area contributed by atoms with E-state index >= 15 is 0 Å². The number of hydrogen-bond acceptors (Lipinski definition) is 2. The Labute approximate surface area is 154 Å². The van der Waals surface area contributed by atoms with Crippen molar-refractivity contribution >= 4 is 17.6 Å². The van der Waals surface area contributed by atoms with Crippen molar-refractivity contribution in [2.24, 2.45) is 0 Å². The predicted octanol–water partition coefficient (Wildman–Crippen LogP) is 4.00. The fourth-order valence-electron chi connectivity index (χ4n) is 3.29. The number of urea groups is 1. The lowest BCUT2D eigenvalue weighted by Gasteiger charge is -2.25. The zero-order valence-electron chi connectivity index (χ0n) is 14.8. The van der Waals surface area contributed by atoms with Gasteiger partial charge in [-0.05, 0) is 30.5 Å². The van der Waals surface area contributed by atoms with Gasteiger partial charge in [-0.2, -0.15) is 0 Å². The maximum atomic E-state index is 12.8. The van der Waals surface area contributed by atoms with Crippen molar-refractivity contribution in [1.29, 1.82) is 0 Å². The molecule has 3 rings (SSSR count). The zero-order valence-corrected chi connectivity index (χ0v) is 14.8. The van der Waals surface area contributed by atoms with Crippen molar-refractivity contribution in [3.05, 3.63) is 66.2 Å². The molecule has 0 bridgehead atoms. The lowest BCUT2D eigenvalue weighted by Crippen LogP contribution is -2.46. The van der Waals surface area contributed by atoms with Gasteiger partial charge in [-0.25, -0.2) is 4.79 Å². The predicted molar refractivity (Wildman–Crippen MR) is 103 cm³/mol.